The van der Waals surface area contributed by atoms with Crippen LogP contribution in [0.15, 0.2) is 6.20 Å². The SMILES string of the molecule is CCn1cc(N)c(C(=O)NCC2CCCC2CO)n1. The van der Waals surface area contributed by atoms with E-state index in [1.54, 1.807) is 10.9 Å². The maximum absolute atomic E-state index is 12.0. The van der Waals surface area contributed by atoms with E-state index >= 15 is 0 Å². The number of nitrogens with one attached hydrogen (secondary N) is 1. The molecule has 0 radical (unpaired) electrons. The van der Waals surface area contributed by atoms with Crippen molar-refractivity contribution in [1.82, 2.24) is 15.1 Å². The molecule has 2 atom stereocenters. The number of aryl methyl sites for hydroxylation is 1. The zero-order valence-corrected chi connectivity index (χ0v) is 11.3. The second kappa shape index (κ2) is 6.06. The molecule has 0 saturated heterocycles. The number of aromatic nitrogens is 2. The van der Waals surface area contributed by atoms with E-state index in [1.807, 2.05) is 6.92 Å². The Morgan fingerprint density at radius 2 is 2.32 bits per heavy atom. The highest BCUT2D eigenvalue weighted by atomic mass is 16.3. The average molecular weight is 266 g/mol. The number of hydrogen-bond acceptors (Lipinski definition) is 4. The molecule has 2 rings (SSSR count). The fraction of sp³-hybridized carbons (Fsp3) is 0.692. The molecule has 106 valence electrons. The molecule has 4 N–H and O–H groups in total. The monoisotopic (exact) mass is 266 g/mol. The van der Waals surface area contributed by atoms with Gasteiger partial charge in [0.2, 0.25) is 0 Å². The Morgan fingerprint density at radius 1 is 1.58 bits per heavy atom. The number of carbonyl (C=O) groups excluding carboxylic acids is 1. The van der Waals surface area contributed by atoms with Crippen molar-refractivity contribution in [1.29, 1.82) is 0 Å². The summed E-state index contributed by atoms with van der Waals surface area (Å²) in [6, 6.07) is 0. The molecule has 0 spiro atoms. The molecule has 1 amide bonds. The molecule has 1 saturated carbocycles. The van der Waals surface area contributed by atoms with Crippen molar-refractivity contribution in [3.63, 3.8) is 0 Å². The summed E-state index contributed by atoms with van der Waals surface area (Å²) in [4.78, 5) is 12.0. The quantitative estimate of drug-likeness (QED) is 0.728. The lowest BCUT2D eigenvalue weighted by Gasteiger charge is -2.17. The van der Waals surface area contributed by atoms with Gasteiger partial charge in [-0.25, -0.2) is 0 Å². The highest BCUT2D eigenvalue weighted by Gasteiger charge is 2.27. The number of nitrogen functional groups attached to an aromatic ring is 1. The first-order chi connectivity index (χ1) is 9.15. The predicted octanol–water partition coefficient (Wildman–Crippen LogP) is 0.624. The molecule has 1 aliphatic rings. The third kappa shape index (κ3) is 3.07. The number of nitrogens with zero attached hydrogens (tertiary/aromatic N) is 2. The Bertz CT molecular complexity index is 444. The molecule has 6 nitrogen and oxygen atoms in total. The van der Waals surface area contributed by atoms with Crippen molar-refractivity contribution in [2.75, 3.05) is 18.9 Å². The molecule has 0 bridgehead atoms. The molecule has 1 aliphatic carbocycles. The van der Waals surface area contributed by atoms with Gasteiger partial charge in [0.1, 0.15) is 0 Å². The van der Waals surface area contributed by atoms with Gasteiger partial charge in [-0.3, -0.25) is 9.48 Å². The zero-order chi connectivity index (χ0) is 13.8. The molecular weight excluding hydrogens is 244 g/mol. The minimum atomic E-state index is -0.228. The van der Waals surface area contributed by atoms with E-state index in [4.69, 9.17) is 5.73 Å². The smallest absolute Gasteiger partial charge is 0.273 e. The molecular formula is C13H22N4O2. The first-order valence-corrected chi connectivity index (χ1v) is 6.87. The maximum Gasteiger partial charge on any atom is 0.273 e. The van der Waals surface area contributed by atoms with Gasteiger partial charge in [-0.2, -0.15) is 5.10 Å². The number of carbonyl (C=O) groups is 1. The second-order valence-electron chi connectivity index (χ2n) is 5.13. The van der Waals surface area contributed by atoms with Crippen LogP contribution in [0.4, 0.5) is 5.69 Å². The third-order valence-corrected chi connectivity index (χ3v) is 3.90. The fourth-order valence-corrected chi connectivity index (χ4v) is 2.71. The summed E-state index contributed by atoms with van der Waals surface area (Å²) >= 11 is 0. The number of rotatable bonds is 5. The van der Waals surface area contributed by atoms with E-state index in [0.717, 1.165) is 19.3 Å². The van der Waals surface area contributed by atoms with E-state index in [9.17, 15) is 9.90 Å². The van der Waals surface area contributed by atoms with Crippen molar-refractivity contribution in [2.45, 2.75) is 32.7 Å². The summed E-state index contributed by atoms with van der Waals surface area (Å²) in [5.41, 5.74) is 6.47. The van der Waals surface area contributed by atoms with Crippen LogP contribution in [-0.4, -0.2) is 33.9 Å². The Hall–Kier alpha value is -1.56. The fourth-order valence-electron chi connectivity index (χ4n) is 2.71. The minimum Gasteiger partial charge on any atom is -0.396 e. The van der Waals surface area contributed by atoms with Crippen molar-refractivity contribution >= 4 is 11.6 Å². The van der Waals surface area contributed by atoms with Crippen LogP contribution < -0.4 is 11.1 Å². The van der Waals surface area contributed by atoms with Gasteiger partial charge >= 0.3 is 0 Å². The van der Waals surface area contributed by atoms with Crippen molar-refractivity contribution < 1.29 is 9.90 Å². The highest BCUT2D eigenvalue weighted by Crippen LogP contribution is 2.30. The summed E-state index contributed by atoms with van der Waals surface area (Å²) in [5, 5.41) is 16.3. The maximum atomic E-state index is 12.0. The van der Waals surface area contributed by atoms with E-state index < -0.39 is 0 Å². The van der Waals surface area contributed by atoms with E-state index in [-0.39, 0.29) is 12.5 Å². The second-order valence-corrected chi connectivity index (χ2v) is 5.13. The van der Waals surface area contributed by atoms with E-state index in [1.165, 1.54) is 0 Å². The zero-order valence-electron chi connectivity index (χ0n) is 11.3. The van der Waals surface area contributed by atoms with Crippen LogP contribution in [0.5, 0.6) is 0 Å². The summed E-state index contributed by atoms with van der Waals surface area (Å²) in [7, 11) is 0. The van der Waals surface area contributed by atoms with Crippen molar-refractivity contribution in [3.05, 3.63) is 11.9 Å². The molecule has 0 aliphatic heterocycles. The average Bonchev–Trinajstić information content (AvgIpc) is 3.01. The highest BCUT2D eigenvalue weighted by molar-refractivity contribution is 5.96. The summed E-state index contributed by atoms with van der Waals surface area (Å²) in [5.74, 6) is 0.447. The van der Waals surface area contributed by atoms with Gasteiger partial charge in [0.25, 0.3) is 5.91 Å². The number of nitrogens with two attached hydrogens (primary N) is 1. The van der Waals surface area contributed by atoms with Crippen LogP contribution in [0.2, 0.25) is 0 Å². The lowest BCUT2D eigenvalue weighted by Crippen LogP contribution is -2.32. The van der Waals surface area contributed by atoms with Crippen molar-refractivity contribution in [2.24, 2.45) is 11.8 Å². The lowest BCUT2D eigenvalue weighted by atomic mass is 9.97. The molecule has 1 aromatic heterocycles. The van der Waals surface area contributed by atoms with Gasteiger partial charge in [0.05, 0.1) is 5.69 Å². The first-order valence-electron chi connectivity index (χ1n) is 6.87. The van der Waals surface area contributed by atoms with Crippen LogP contribution in [0.3, 0.4) is 0 Å². The predicted molar refractivity (Wildman–Crippen MR) is 72.6 cm³/mol. The van der Waals surface area contributed by atoms with Crippen LogP contribution >= 0.6 is 0 Å². The topological polar surface area (TPSA) is 93.2 Å². The first kappa shape index (κ1) is 13.9. The molecule has 1 fully saturated rings. The summed E-state index contributed by atoms with van der Waals surface area (Å²) in [6.07, 6.45) is 4.90. The van der Waals surface area contributed by atoms with E-state index in [0.29, 0.717) is 36.3 Å². The molecule has 2 unspecified atom stereocenters. The third-order valence-electron chi connectivity index (χ3n) is 3.90. The Balaban J connectivity index is 1.92. The normalized spacial score (nSPS) is 22.6. The van der Waals surface area contributed by atoms with Gasteiger partial charge in [0, 0.05) is 25.9 Å². The van der Waals surface area contributed by atoms with Gasteiger partial charge in [-0.1, -0.05) is 6.42 Å². The van der Waals surface area contributed by atoms with Crippen LogP contribution in [0.25, 0.3) is 0 Å². The number of aliphatic hydroxyl groups excluding tert-OH is 1. The number of amides is 1. The van der Waals surface area contributed by atoms with Crippen LogP contribution in [-0.2, 0) is 6.54 Å². The van der Waals surface area contributed by atoms with Crippen molar-refractivity contribution in [3.8, 4) is 0 Å². The van der Waals surface area contributed by atoms with Crippen LogP contribution in [0, 0.1) is 11.8 Å². The summed E-state index contributed by atoms with van der Waals surface area (Å²) < 4.78 is 1.65. The van der Waals surface area contributed by atoms with E-state index in [2.05, 4.69) is 10.4 Å². The molecule has 6 heteroatoms. The largest absolute Gasteiger partial charge is 0.396 e. The van der Waals surface area contributed by atoms with Gasteiger partial charge in [-0.15, -0.1) is 0 Å². The Labute approximate surface area is 113 Å². The minimum absolute atomic E-state index is 0.202. The molecule has 19 heavy (non-hydrogen) atoms. The number of aliphatic hydroxyl groups is 1. The van der Waals surface area contributed by atoms with Crippen LogP contribution in [0.1, 0.15) is 36.7 Å². The van der Waals surface area contributed by atoms with Gasteiger partial charge in [-0.05, 0) is 31.6 Å². The number of hydrogen-bond donors (Lipinski definition) is 3. The van der Waals surface area contributed by atoms with Gasteiger partial charge < -0.3 is 16.2 Å². The molecule has 0 aromatic carbocycles. The number of anilines is 1. The molecule has 1 aromatic rings. The lowest BCUT2D eigenvalue weighted by molar-refractivity contribution is 0.0933. The van der Waals surface area contributed by atoms with Gasteiger partial charge in [0.15, 0.2) is 5.69 Å². The molecule has 1 heterocycles. The standard InChI is InChI=1S/C13H22N4O2/c1-2-17-7-11(14)12(16-17)13(19)15-6-9-4-3-5-10(9)8-18/h7,9-10,18H,2-6,8,14H2,1H3,(H,15,19). The Morgan fingerprint density at radius 3 is 2.95 bits per heavy atom. The Kier molecular flexibility index (Phi) is 4.42. The summed E-state index contributed by atoms with van der Waals surface area (Å²) in [6.45, 7) is 3.42.